The van der Waals surface area contributed by atoms with Crippen molar-refractivity contribution in [3.63, 3.8) is 0 Å². The van der Waals surface area contributed by atoms with E-state index in [4.69, 9.17) is 0 Å². The normalized spacial score (nSPS) is 18.9. The third-order valence-corrected chi connectivity index (χ3v) is 3.97. The minimum absolute atomic E-state index is 0.449. The summed E-state index contributed by atoms with van der Waals surface area (Å²) in [6, 6.07) is 8.95. The maximum Gasteiger partial charge on any atom is 0.0394 e. The molecule has 0 amide bonds. The van der Waals surface area contributed by atoms with E-state index in [0.29, 0.717) is 6.04 Å². The van der Waals surface area contributed by atoms with Crippen LogP contribution in [0.15, 0.2) is 41.4 Å². The molecule has 1 saturated heterocycles. The van der Waals surface area contributed by atoms with Crippen LogP contribution in [0.1, 0.15) is 18.0 Å². The SMILES string of the molecule is C=CC[C@H](c1ccccc1Br)N1CCNCC1. The van der Waals surface area contributed by atoms with E-state index in [1.165, 1.54) is 10.0 Å². The summed E-state index contributed by atoms with van der Waals surface area (Å²) >= 11 is 3.66. The summed E-state index contributed by atoms with van der Waals surface area (Å²) in [4.78, 5) is 2.54. The molecule has 0 aromatic heterocycles. The summed E-state index contributed by atoms with van der Waals surface area (Å²) in [7, 11) is 0. The molecular weight excluding hydrogens is 276 g/mol. The lowest BCUT2D eigenvalue weighted by atomic mass is 10.0. The molecule has 1 fully saturated rings. The van der Waals surface area contributed by atoms with E-state index in [1.54, 1.807) is 0 Å². The molecule has 3 heteroatoms. The fourth-order valence-electron chi connectivity index (χ4n) is 2.37. The largest absolute Gasteiger partial charge is 0.314 e. The van der Waals surface area contributed by atoms with Crippen molar-refractivity contribution in [2.45, 2.75) is 12.5 Å². The van der Waals surface area contributed by atoms with E-state index in [1.807, 2.05) is 6.08 Å². The van der Waals surface area contributed by atoms with Crippen molar-refractivity contribution < 1.29 is 0 Å². The van der Waals surface area contributed by atoms with Gasteiger partial charge in [0.2, 0.25) is 0 Å². The number of hydrogen-bond acceptors (Lipinski definition) is 2. The number of hydrogen-bond donors (Lipinski definition) is 1. The zero-order valence-electron chi connectivity index (χ0n) is 10.0. The molecule has 1 heterocycles. The van der Waals surface area contributed by atoms with Crippen LogP contribution < -0.4 is 5.32 Å². The standard InChI is InChI=1S/C14H19BrN2/c1-2-5-14(17-10-8-16-9-11-17)12-6-3-4-7-13(12)15/h2-4,6-7,14,16H,1,5,8-11H2/t14-/m1/s1. The van der Waals surface area contributed by atoms with Gasteiger partial charge >= 0.3 is 0 Å². The van der Waals surface area contributed by atoms with Crippen LogP contribution in [-0.4, -0.2) is 31.1 Å². The highest BCUT2D eigenvalue weighted by atomic mass is 79.9. The quantitative estimate of drug-likeness (QED) is 0.859. The Balaban J connectivity index is 2.21. The fraction of sp³-hybridized carbons (Fsp3) is 0.429. The van der Waals surface area contributed by atoms with E-state index >= 15 is 0 Å². The van der Waals surface area contributed by atoms with Gasteiger partial charge in [0.1, 0.15) is 0 Å². The number of rotatable bonds is 4. The topological polar surface area (TPSA) is 15.3 Å². The minimum atomic E-state index is 0.449. The van der Waals surface area contributed by atoms with Gasteiger partial charge in [0.05, 0.1) is 0 Å². The Morgan fingerprint density at radius 2 is 2.06 bits per heavy atom. The summed E-state index contributed by atoms with van der Waals surface area (Å²) in [5.41, 5.74) is 1.37. The van der Waals surface area contributed by atoms with Gasteiger partial charge in [0, 0.05) is 36.7 Å². The third-order valence-electron chi connectivity index (χ3n) is 3.25. The lowest BCUT2D eigenvalue weighted by molar-refractivity contribution is 0.174. The molecule has 0 spiro atoms. The van der Waals surface area contributed by atoms with Crippen LogP contribution in [0.2, 0.25) is 0 Å². The number of nitrogens with zero attached hydrogens (tertiary/aromatic N) is 1. The first-order valence-corrected chi connectivity index (χ1v) is 6.92. The molecule has 1 aromatic carbocycles. The Morgan fingerprint density at radius 3 is 2.71 bits per heavy atom. The van der Waals surface area contributed by atoms with Gasteiger partial charge in [-0.05, 0) is 18.1 Å². The first-order valence-electron chi connectivity index (χ1n) is 6.13. The average Bonchev–Trinajstić information content (AvgIpc) is 2.38. The van der Waals surface area contributed by atoms with Gasteiger partial charge in [-0.15, -0.1) is 6.58 Å². The van der Waals surface area contributed by atoms with Crippen molar-refractivity contribution in [1.82, 2.24) is 10.2 Å². The monoisotopic (exact) mass is 294 g/mol. The Labute approximate surface area is 112 Å². The fourth-order valence-corrected chi connectivity index (χ4v) is 2.92. The van der Waals surface area contributed by atoms with Crippen LogP contribution in [0.25, 0.3) is 0 Å². The van der Waals surface area contributed by atoms with Crippen LogP contribution in [0, 0.1) is 0 Å². The average molecular weight is 295 g/mol. The van der Waals surface area contributed by atoms with Crippen molar-refractivity contribution in [3.8, 4) is 0 Å². The van der Waals surface area contributed by atoms with Crippen LogP contribution in [-0.2, 0) is 0 Å². The summed E-state index contributed by atoms with van der Waals surface area (Å²) in [5.74, 6) is 0. The van der Waals surface area contributed by atoms with Gasteiger partial charge < -0.3 is 5.32 Å². The van der Waals surface area contributed by atoms with Crippen molar-refractivity contribution in [2.75, 3.05) is 26.2 Å². The van der Waals surface area contributed by atoms with Crippen LogP contribution in [0.3, 0.4) is 0 Å². The van der Waals surface area contributed by atoms with E-state index in [0.717, 1.165) is 32.6 Å². The lowest BCUT2D eigenvalue weighted by Crippen LogP contribution is -2.45. The molecule has 0 unspecified atom stereocenters. The van der Waals surface area contributed by atoms with Crippen molar-refractivity contribution in [2.24, 2.45) is 0 Å². The second-order valence-electron chi connectivity index (χ2n) is 4.35. The molecule has 1 aromatic rings. The Morgan fingerprint density at radius 1 is 1.35 bits per heavy atom. The molecule has 0 radical (unpaired) electrons. The number of nitrogens with one attached hydrogen (secondary N) is 1. The summed E-state index contributed by atoms with van der Waals surface area (Å²) in [5, 5.41) is 3.40. The minimum Gasteiger partial charge on any atom is -0.314 e. The molecule has 1 N–H and O–H groups in total. The van der Waals surface area contributed by atoms with E-state index < -0.39 is 0 Å². The molecule has 0 aliphatic carbocycles. The second-order valence-corrected chi connectivity index (χ2v) is 5.20. The predicted octanol–water partition coefficient (Wildman–Crippen LogP) is 2.97. The van der Waals surface area contributed by atoms with Crippen molar-refractivity contribution in [3.05, 3.63) is 47.0 Å². The van der Waals surface area contributed by atoms with Gasteiger partial charge in [-0.1, -0.05) is 40.2 Å². The highest BCUT2D eigenvalue weighted by Crippen LogP contribution is 2.30. The first kappa shape index (κ1) is 12.8. The van der Waals surface area contributed by atoms with Gasteiger partial charge in [0.15, 0.2) is 0 Å². The summed E-state index contributed by atoms with van der Waals surface area (Å²) in [6.45, 7) is 8.28. The summed E-state index contributed by atoms with van der Waals surface area (Å²) < 4.78 is 1.20. The molecule has 17 heavy (non-hydrogen) atoms. The maximum atomic E-state index is 3.89. The van der Waals surface area contributed by atoms with E-state index in [-0.39, 0.29) is 0 Å². The highest BCUT2D eigenvalue weighted by molar-refractivity contribution is 9.10. The second kappa shape index (κ2) is 6.34. The van der Waals surface area contributed by atoms with Gasteiger partial charge in [-0.3, -0.25) is 4.90 Å². The summed E-state index contributed by atoms with van der Waals surface area (Å²) in [6.07, 6.45) is 3.02. The molecular formula is C14H19BrN2. The number of benzene rings is 1. The Hall–Kier alpha value is -0.640. The lowest BCUT2D eigenvalue weighted by Gasteiger charge is -2.35. The van der Waals surface area contributed by atoms with Gasteiger partial charge in [-0.2, -0.15) is 0 Å². The molecule has 1 aliphatic rings. The van der Waals surface area contributed by atoms with Crippen molar-refractivity contribution in [1.29, 1.82) is 0 Å². The highest BCUT2D eigenvalue weighted by Gasteiger charge is 2.22. The Kier molecular flexibility index (Phi) is 4.77. The Bertz CT molecular complexity index is 372. The smallest absolute Gasteiger partial charge is 0.0394 e. The van der Waals surface area contributed by atoms with Gasteiger partial charge in [0.25, 0.3) is 0 Å². The molecule has 2 nitrogen and oxygen atoms in total. The zero-order chi connectivity index (χ0) is 12.1. The first-order chi connectivity index (χ1) is 8.33. The molecule has 0 bridgehead atoms. The maximum absolute atomic E-state index is 3.89. The number of piperazine rings is 1. The molecule has 0 saturated carbocycles. The molecule has 1 aliphatic heterocycles. The van der Waals surface area contributed by atoms with Crippen LogP contribution in [0.4, 0.5) is 0 Å². The van der Waals surface area contributed by atoms with Crippen LogP contribution >= 0.6 is 15.9 Å². The van der Waals surface area contributed by atoms with Crippen LogP contribution in [0.5, 0.6) is 0 Å². The third kappa shape index (κ3) is 3.18. The van der Waals surface area contributed by atoms with Crippen molar-refractivity contribution >= 4 is 15.9 Å². The molecule has 2 rings (SSSR count). The molecule has 1 atom stereocenters. The van der Waals surface area contributed by atoms with E-state index in [9.17, 15) is 0 Å². The molecule has 92 valence electrons. The number of halogens is 1. The van der Waals surface area contributed by atoms with E-state index in [2.05, 4.69) is 57.0 Å². The van der Waals surface area contributed by atoms with Gasteiger partial charge in [-0.25, -0.2) is 0 Å². The zero-order valence-corrected chi connectivity index (χ0v) is 11.6. The predicted molar refractivity (Wildman–Crippen MR) is 76.1 cm³/mol.